The molecule has 0 spiro atoms. The smallest absolute Gasteiger partial charge is 0.251 e. The van der Waals surface area contributed by atoms with Crippen LogP contribution in [0.5, 0.6) is 0 Å². The maximum absolute atomic E-state index is 12.1. The third kappa shape index (κ3) is 4.40. The predicted octanol–water partition coefficient (Wildman–Crippen LogP) is 1.90. The summed E-state index contributed by atoms with van der Waals surface area (Å²) in [7, 11) is 0. The van der Waals surface area contributed by atoms with E-state index in [0.717, 1.165) is 11.3 Å². The average Bonchev–Trinajstić information content (AvgIpc) is 2.46. The lowest BCUT2D eigenvalue weighted by Crippen LogP contribution is -2.33. The first kappa shape index (κ1) is 14.7. The fraction of sp³-hybridized carbons (Fsp3) is 0.385. The van der Waals surface area contributed by atoms with Crippen molar-refractivity contribution in [3.63, 3.8) is 0 Å². The van der Waals surface area contributed by atoms with Crippen molar-refractivity contribution in [1.82, 2.24) is 5.32 Å². The van der Waals surface area contributed by atoms with Crippen molar-refractivity contribution in [2.24, 2.45) is 5.73 Å². The van der Waals surface area contributed by atoms with Gasteiger partial charge in [0, 0.05) is 40.2 Å². The summed E-state index contributed by atoms with van der Waals surface area (Å²) in [6, 6.07) is 7.13. The molecule has 3 N–H and O–H groups in total. The van der Waals surface area contributed by atoms with E-state index in [1.54, 1.807) is 18.2 Å². The minimum Gasteiger partial charge on any atom is -0.389 e. The standard InChI is InChI=1S/C13H16N2OS3/c14-12(17)9-2-1-3-10(6-9)13(16)15-7-11-8-18-4-5-19-11/h1-3,6,11H,4-5,7-8H2,(H2,14,17)(H,15,16). The number of carbonyl (C=O) groups is 1. The molecule has 0 radical (unpaired) electrons. The Morgan fingerprint density at radius 2 is 2.21 bits per heavy atom. The van der Waals surface area contributed by atoms with Gasteiger partial charge < -0.3 is 11.1 Å². The van der Waals surface area contributed by atoms with Crippen LogP contribution >= 0.6 is 35.7 Å². The molecular formula is C13H16N2OS3. The molecule has 1 amide bonds. The van der Waals surface area contributed by atoms with E-state index in [1.165, 1.54) is 11.5 Å². The number of amides is 1. The molecule has 1 aromatic rings. The van der Waals surface area contributed by atoms with E-state index < -0.39 is 0 Å². The summed E-state index contributed by atoms with van der Waals surface area (Å²) in [5.41, 5.74) is 6.90. The fourth-order valence-corrected chi connectivity index (χ4v) is 4.52. The molecule has 0 saturated carbocycles. The highest BCUT2D eigenvalue weighted by molar-refractivity contribution is 8.06. The van der Waals surface area contributed by atoms with Crippen molar-refractivity contribution < 1.29 is 4.79 Å². The lowest BCUT2D eigenvalue weighted by Gasteiger charge is -2.21. The van der Waals surface area contributed by atoms with Crippen LogP contribution in [0.3, 0.4) is 0 Å². The van der Waals surface area contributed by atoms with Gasteiger partial charge >= 0.3 is 0 Å². The largest absolute Gasteiger partial charge is 0.389 e. The van der Waals surface area contributed by atoms with Crippen LogP contribution in [0.15, 0.2) is 24.3 Å². The zero-order chi connectivity index (χ0) is 13.7. The molecule has 3 nitrogen and oxygen atoms in total. The second-order valence-corrected chi connectivity index (χ2v) is 7.22. The highest BCUT2D eigenvalue weighted by atomic mass is 32.2. The van der Waals surface area contributed by atoms with E-state index in [4.69, 9.17) is 18.0 Å². The number of nitrogens with one attached hydrogen (secondary N) is 1. The summed E-state index contributed by atoms with van der Waals surface area (Å²) in [6.45, 7) is 0.716. The Morgan fingerprint density at radius 3 is 2.89 bits per heavy atom. The first-order valence-corrected chi connectivity index (χ1v) is 8.65. The second-order valence-electron chi connectivity index (χ2n) is 4.22. The first-order chi connectivity index (χ1) is 9.16. The summed E-state index contributed by atoms with van der Waals surface area (Å²) in [6.07, 6.45) is 0. The van der Waals surface area contributed by atoms with Crippen LogP contribution in [0.2, 0.25) is 0 Å². The maximum Gasteiger partial charge on any atom is 0.251 e. The van der Waals surface area contributed by atoms with Gasteiger partial charge in [-0.2, -0.15) is 23.5 Å². The number of carbonyl (C=O) groups excluding carboxylic acids is 1. The molecule has 1 atom stereocenters. The van der Waals surface area contributed by atoms with E-state index in [-0.39, 0.29) is 5.91 Å². The van der Waals surface area contributed by atoms with Crippen LogP contribution in [-0.4, -0.2) is 39.9 Å². The Bertz CT molecular complexity index is 473. The van der Waals surface area contributed by atoms with Crippen LogP contribution in [0.1, 0.15) is 15.9 Å². The number of benzene rings is 1. The van der Waals surface area contributed by atoms with E-state index in [0.29, 0.717) is 22.3 Å². The molecule has 0 bridgehead atoms. The van der Waals surface area contributed by atoms with Crippen LogP contribution in [-0.2, 0) is 0 Å². The van der Waals surface area contributed by atoms with Gasteiger partial charge in [-0.05, 0) is 12.1 Å². The number of nitrogens with two attached hydrogens (primary N) is 1. The molecule has 1 aromatic carbocycles. The number of hydrogen-bond donors (Lipinski definition) is 2. The molecule has 102 valence electrons. The van der Waals surface area contributed by atoms with Gasteiger partial charge in [0.1, 0.15) is 4.99 Å². The van der Waals surface area contributed by atoms with Crippen LogP contribution in [0.25, 0.3) is 0 Å². The molecule has 19 heavy (non-hydrogen) atoms. The topological polar surface area (TPSA) is 55.1 Å². The van der Waals surface area contributed by atoms with Gasteiger partial charge in [-0.3, -0.25) is 4.79 Å². The van der Waals surface area contributed by atoms with Gasteiger partial charge in [0.2, 0.25) is 0 Å². The van der Waals surface area contributed by atoms with Crippen molar-refractivity contribution in [1.29, 1.82) is 0 Å². The van der Waals surface area contributed by atoms with Crippen molar-refractivity contribution in [2.45, 2.75) is 5.25 Å². The lowest BCUT2D eigenvalue weighted by atomic mass is 10.1. The van der Waals surface area contributed by atoms with Crippen LogP contribution in [0, 0.1) is 0 Å². The maximum atomic E-state index is 12.1. The second kappa shape index (κ2) is 7.17. The number of thioether (sulfide) groups is 2. The molecule has 1 aliphatic rings. The SMILES string of the molecule is NC(=S)c1cccc(C(=O)NCC2CSCCS2)c1. The van der Waals surface area contributed by atoms with Crippen LogP contribution in [0.4, 0.5) is 0 Å². The summed E-state index contributed by atoms with van der Waals surface area (Å²) < 4.78 is 0. The number of rotatable bonds is 4. The van der Waals surface area contributed by atoms with E-state index in [9.17, 15) is 4.79 Å². The van der Waals surface area contributed by atoms with Crippen molar-refractivity contribution >= 4 is 46.6 Å². The Labute approximate surface area is 127 Å². The minimum absolute atomic E-state index is 0.0609. The van der Waals surface area contributed by atoms with Crippen LogP contribution < -0.4 is 11.1 Å². The number of thiocarbonyl (C=S) groups is 1. The molecule has 1 saturated heterocycles. The Balaban J connectivity index is 1.92. The van der Waals surface area contributed by atoms with Gasteiger partial charge in [-0.1, -0.05) is 24.4 Å². The Kier molecular flexibility index (Phi) is 5.54. The summed E-state index contributed by atoms with van der Waals surface area (Å²) in [4.78, 5) is 12.4. The van der Waals surface area contributed by atoms with Crippen molar-refractivity contribution in [3.8, 4) is 0 Å². The predicted molar refractivity (Wildman–Crippen MR) is 88.2 cm³/mol. The molecule has 0 aromatic heterocycles. The molecule has 6 heteroatoms. The van der Waals surface area contributed by atoms with Gasteiger partial charge in [0.05, 0.1) is 0 Å². The third-order valence-corrected chi connectivity index (χ3v) is 5.87. The summed E-state index contributed by atoms with van der Waals surface area (Å²) in [5, 5.41) is 3.49. The third-order valence-electron chi connectivity index (χ3n) is 2.78. The Hall–Kier alpha value is -0.720. The molecule has 1 unspecified atom stereocenters. The highest BCUT2D eigenvalue weighted by Gasteiger charge is 2.15. The molecule has 0 aliphatic carbocycles. The van der Waals surface area contributed by atoms with Gasteiger partial charge in [-0.25, -0.2) is 0 Å². The summed E-state index contributed by atoms with van der Waals surface area (Å²) in [5.74, 6) is 3.43. The fourth-order valence-electron chi connectivity index (χ4n) is 1.78. The van der Waals surface area contributed by atoms with Gasteiger partial charge in [-0.15, -0.1) is 0 Å². The highest BCUT2D eigenvalue weighted by Crippen LogP contribution is 2.23. The Morgan fingerprint density at radius 1 is 1.42 bits per heavy atom. The van der Waals surface area contributed by atoms with E-state index in [2.05, 4.69) is 5.32 Å². The van der Waals surface area contributed by atoms with Gasteiger partial charge in [0.15, 0.2) is 0 Å². The van der Waals surface area contributed by atoms with E-state index in [1.807, 2.05) is 29.6 Å². The zero-order valence-corrected chi connectivity index (χ0v) is 12.9. The molecular weight excluding hydrogens is 296 g/mol. The monoisotopic (exact) mass is 312 g/mol. The lowest BCUT2D eigenvalue weighted by molar-refractivity contribution is 0.0954. The molecule has 1 aliphatic heterocycles. The quantitative estimate of drug-likeness (QED) is 0.832. The zero-order valence-electron chi connectivity index (χ0n) is 10.4. The minimum atomic E-state index is -0.0609. The normalized spacial score (nSPS) is 18.8. The molecule has 1 fully saturated rings. The molecule has 1 heterocycles. The van der Waals surface area contributed by atoms with Crippen molar-refractivity contribution in [2.75, 3.05) is 23.8 Å². The van der Waals surface area contributed by atoms with Crippen molar-refractivity contribution in [3.05, 3.63) is 35.4 Å². The molecule has 2 rings (SSSR count). The number of hydrogen-bond acceptors (Lipinski definition) is 4. The van der Waals surface area contributed by atoms with Gasteiger partial charge in [0.25, 0.3) is 5.91 Å². The first-order valence-electron chi connectivity index (χ1n) is 6.04. The summed E-state index contributed by atoms with van der Waals surface area (Å²) >= 11 is 8.80. The van der Waals surface area contributed by atoms with E-state index >= 15 is 0 Å². The average molecular weight is 312 g/mol.